The number of imide groups is 1. The van der Waals surface area contributed by atoms with E-state index in [4.69, 9.17) is 0 Å². The molecule has 2 fully saturated rings. The van der Waals surface area contributed by atoms with Crippen LogP contribution in [0.25, 0.3) is 0 Å². The fourth-order valence-corrected chi connectivity index (χ4v) is 3.89. The molecule has 2 bridgehead atoms. The first-order valence-electron chi connectivity index (χ1n) is 6.22. The van der Waals surface area contributed by atoms with Gasteiger partial charge in [0.2, 0.25) is 0 Å². The normalized spacial score (nSPS) is 38.8. The lowest BCUT2D eigenvalue weighted by atomic mass is 9.83. The zero-order valence-corrected chi connectivity index (χ0v) is 9.56. The van der Waals surface area contributed by atoms with Crippen molar-refractivity contribution in [1.82, 2.24) is 4.90 Å². The Kier molecular flexibility index (Phi) is 2.16. The Balaban J connectivity index is 1.76. The van der Waals surface area contributed by atoms with Crippen molar-refractivity contribution in [2.45, 2.75) is 38.6 Å². The number of fused-ring (bicyclic) bond motifs is 2. The first-order chi connectivity index (χ1) is 7.66. The van der Waals surface area contributed by atoms with Crippen molar-refractivity contribution in [2.24, 2.45) is 17.8 Å². The summed E-state index contributed by atoms with van der Waals surface area (Å²) in [5.41, 5.74) is 0. The van der Waals surface area contributed by atoms with Gasteiger partial charge in [0, 0.05) is 18.2 Å². The summed E-state index contributed by atoms with van der Waals surface area (Å²) >= 11 is 0. The molecule has 3 rings (SSSR count). The summed E-state index contributed by atoms with van der Waals surface area (Å²) < 4.78 is 0. The second-order valence-corrected chi connectivity index (χ2v) is 5.46. The molecule has 0 saturated heterocycles. The molecule has 16 heavy (non-hydrogen) atoms. The summed E-state index contributed by atoms with van der Waals surface area (Å²) in [7, 11) is 0. The summed E-state index contributed by atoms with van der Waals surface area (Å²) in [5.74, 6) is 1.91. The van der Waals surface area contributed by atoms with Gasteiger partial charge in [0.15, 0.2) is 0 Å². The molecule has 0 N–H and O–H groups in total. The average Bonchev–Trinajstić information content (AvgIpc) is 2.93. The number of amides is 2. The number of nitrogens with zero attached hydrogens (tertiary/aromatic N) is 1. The zero-order chi connectivity index (χ0) is 11.3. The maximum atomic E-state index is 11.6. The molecule has 2 saturated carbocycles. The van der Waals surface area contributed by atoms with Gasteiger partial charge in [0.1, 0.15) is 0 Å². The fourth-order valence-electron chi connectivity index (χ4n) is 3.89. The van der Waals surface area contributed by atoms with Crippen molar-refractivity contribution < 1.29 is 9.59 Å². The average molecular weight is 219 g/mol. The molecule has 0 spiro atoms. The third-order valence-corrected chi connectivity index (χ3v) is 4.66. The fraction of sp³-hybridized carbons (Fsp3) is 0.692. The molecule has 4 unspecified atom stereocenters. The van der Waals surface area contributed by atoms with Crippen molar-refractivity contribution in [3.63, 3.8) is 0 Å². The Labute approximate surface area is 95.5 Å². The van der Waals surface area contributed by atoms with Crippen LogP contribution >= 0.6 is 0 Å². The molecule has 3 aliphatic rings. The molecular formula is C13H17NO2. The van der Waals surface area contributed by atoms with Gasteiger partial charge < -0.3 is 0 Å². The number of hydrogen-bond donors (Lipinski definition) is 0. The number of rotatable bonds is 2. The molecule has 0 aromatic heterocycles. The van der Waals surface area contributed by atoms with Gasteiger partial charge in [-0.2, -0.15) is 0 Å². The maximum Gasteiger partial charge on any atom is 0.253 e. The van der Waals surface area contributed by atoms with Crippen LogP contribution in [0.5, 0.6) is 0 Å². The Hall–Kier alpha value is -1.12. The van der Waals surface area contributed by atoms with Crippen molar-refractivity contribution in [3.8, 4) is 0 Å². The van der Waals surface area contributed by atoms with Gasteiger partial charge in [-0.25, -0.2) is 0 Å². The van der Waals surface area contributed by atoms with E-state index in [2.05, 4.69) is 0 Å². The minimum atomic E-state index is -0.125. The molecule has 3 heteroatoms. The van der Waals surface area contributed by atoms with Crippen molar-refractivity contribution >= 4 is 11.8 Å². The van der Waals surface area contributed by atoms with E-state index in [9.17, 15) is 9.59 Å². The van der Waals surface area contributed by atoms with Gasteiger partial charge >= 0.3 is 0 Å². The Morgan fingerprint density at radius 2 is 1.88 bits per heavy atom. The quantitative estimate of drug-likeness (QED) is 0.663. The third kappa shape index (κ3) is 1.34. The SMILES string of the molecule is CC(C1CC2CCC1C2)N1C(=O)C=CC1=O. The first kappa shape index (κ1) is 10.1. The van der Waals surface area contributed by atoms with Crippen molar-refractivity contribution in [2.75, 3.05) is 0 Å². The van der Waals surface area contributed by atoms with Gasteiger partial charge in [0.05, 0.1) is 0 Å². The summed E-state index contributed by atoms with van der Waals surface area (Å²) in [5, 5.41) is 0. The summed E-state index contributed by atoms with van der Waals surface area (Å²) in [6.07, 6.45) is 7.97. The van der Waals surface area contributed by atoms with E-state index in [0.29, 0.717) is 5.92 Å². The van der Waals surface area contributed by atoms with Crippen LogP contribution in [0.2, 0.25) is 0 Å². The lowest BCUT2D eigenvalue weighted by molar-refractivity contribution is -0.140. The Morgan fingerprint density at radius 1 is 1.19 bits per heavy atom. The van der Waals surface area contributed by atoms with Crippen LogP contribution in [-0.4, -0.2) is 22.8 Å². The minimum absolute atomic E-state index is 0.0882. The smallest absolute Gasteiger partial charge is 0.253 e. The van der Waals surface area contributed by atoms with Crippen LogP contribution in [0.4, 0.5) is 0 Å². The van der Waals surface area contributed by atoms with Gasteiger partial charge in [-0.15, -0.1) is 0 Å². The second kappa shape index (κ2) is 3.44. The van der Waals surface area contributed by atoms with E-state index in [1.165, 1.54) is 42.7 Å². The van der Waals surface area contributed by atoms with Crippen molar-refractivity contribution in [3.05, 3.63) is 12.2 Å². The molecule has 2 aliphatic carbocycles. The zero-order valence-electron chi connectivity index (χ0n) is 9.56. The van der Waals surface area contributed by atoms with Crippen molar-refractivity contribution in [1.29, 1.82) is 0 Å². The van der Waals surface area contributed by atoms with E-state index in [1.54, 1.807) is 0 Å². The third-order valence-electron chi connectivity index (χ3n) is 4.66. The summed E-state index contributed by atoms with van der Waals surface area (Å²) in [6.45, 7) is 2.04. The standard InChI is InChI=1S/C13H17NO2/c1-8(14-12(15)4-5-13(14)16)11-7-9-2-3-10(11)6-9/h4-5,8-11H,2-3,6-7H2,1H3. The Morgan fingerprint density at radius 3 is 2.38 bits per heavy atom. The van der Waals surface area contributed by atoms with Crippen LogP contribution in [0.15, 0.2) is 12.2 Å². The topological polar surface area (TPSA) is 37.4 Å². The molecule has 4 atom stereocenters. The van der Waals surface area contributed by atoms with Crippen LogP contribution in [0, 0.1) is 17.8 Å². The predicted molar refractivity (Wildman–Crippen MR) is 59.4 cm³/mol. The molecule has 1 heterocycles. The molecule has 2 amide bonds. The van der Waals surface area contributed by atoms with Gasteiger partial charge in [-0.05, 0) is 43.9 Å². The van der Waals surface area contributed by atoms with Crippen LogP contribution in [0.1, 0.15) is 32.6 Å². The van der Waals surface area contributed by atoms with E-state index in [0.717, 1.165) is 11.8 Å². The largest absolute Gasteiger partial charge is 0.272 e. The van der Waals surface area contributed by atoms with E-state index in [1.807, 2.05) is 6.92 Å². The molecular weight excluding hydrogens is 202 g/mol. The number of carbonyl (C=O) groups excluding carboxylic acids is 2. The van der Waals surface area contributed by atoms with Gasteiger partial charge in [-0.1, -0.05) is 6.42 Å². The Bertz CT molecular complexity index is 356. The maximum absolute atomic E-state index is 11.6. The highest BCUT2D eigenvalue weighted by atomic mass is 16.2. The molecule has 0 aromatic rings. The monoisotopic (exact) mass is 219 g/mol. The number of hydrogen-bond acceptors (Lipinski definition) is 2. The predicted octanol–water partition coefficient (Wildman–Crippen LogP) is 1.74. The van der Waals surface area contributed by atoms with Crippen LogP contribution < -0.4 is 0 Å². The van der Waals surface area contributed by atoms with Gasteiger partial charge in [-0.3, -0.25) is 14.5 Å². The first-order valence-corrected chi connectivity index (χ1v) is 6.22. The van der Waals surface area contributed by atoms with Crippen LogP contribution in [0.3, 0.4) is 0 Å². The lowest BCUT2D eigenvalue weighted by Crippen LogP contribution is -2.44. The van der Waals surface area contributed by atoms with Crippen LogP contribution in [-0.2, 0) is 9.59 Å². The lowest BCUT2D eigenvalue weighted by Gasteiger charge is -2.33. The highest BCUT2D eigenvalue weighted by Gasteiger charge is 2.45. The highest BCUT2D eigenvalue weighted by Crippen LogP contribution is 2.50. The summed E-state index contributed by atoms with van der Waals surface area (Å²) in [4.78, 5) is 24.7. The second-order valence-electron chi connectivity index (χ2n) is 5.46. The minimum Gasteiger partial charge on any atom is -0.272 e. The summed E-state index contributed by atoms with van der Waals surface area (Å²) in [6, 6.07) is 0.0882. The highest BCUT2D eigenvalue weighted by molar-refractivity contribution is 6.13. The molecule has 3 nitrogen and oxygen atoms in total. The van der Waals surface area contributed by atoms with E-state index in [-0.39, 0.29) is 17.9 Å². The molecule has 1 aliphatic heterocycles. The molecule has 0 radical (unpaired) electrons. The number of carbonyl (C=O) groups is 2. The van der Waals surface area contributed by atoms with E-state index < -0.39 is 0 Å². The molecule has 86 valence electrons. The molecule has 0 aromatic carbocycles. The van der Waals surface area contributed by atoms with Gasteiger partial charge in [0.25, 0.3) is 11.8 Å². The van der Waals surface area contributed by atoms with E-state index >= 15 is 0 Å².